The van der Waals surface area contributed by atoms with Crippen LogP contribution in [-0.2, 0) is 11.3 Å². The van der Waals surface area contributed by atoms with Crippen LogP contribution in [-0.4, -0.2) is 17.5 Å². The number of anilines is 2. The topological polar surface area (TPSA) is 80.5 Å². The fraction of sp³-hybridized carbons (Fsp3) is 0.143. The van der Waals surface area contributed by atoms with Crippen LogP contribution in [0.1, 0.15) is 5.69 Å². The summed E-state index contributed by atoms with van der Waals surface area (Å²) >= 11 is 6.00. The summed E-state index contributed by atoms with van der Waals surface area (Å²) in [6, 6.07) is 10.6. The van der Waals surface area contributed by atoms with Gasteiger partial charge in [0, 0.05) is 5.02 Å². The van der Waals surface area contributed by atoms with Crippen molar-refractivity contribution in [1.29, 1.82) is 0 Å². The number of carbonyl (C=O) groups is 1. The lowest BCUT2D eigenvalue weighted by Gasteiger charge is -2.29. The van der Waals surface area contributed by atoms with Crippen LogP contribution in [0, 0.1) is 0 Å². The van der Waals surface area contributed by atoms with Gasteiger partial charge in [0.2, 0.25) is 0 Å². The quantitative estimate of drug-likeness (QED) is 0.669. The van der Waals surface area contributed by atoms with Gasteiger partial charge in [0.05, 0.1) is 17.9 Å². The van der Waals surface area contributed by atoms with Crippen molar-refractivity contribution in [3.8, 4) is 5.75 Å². The third-order valence-corrected chi connectivity index (χ3v) is 3.37. The molecule has 7 heteroatoms. The second kappa shape index (κ2) is 5.59. The SMILES string of the molecule is NNc1cccc(CN2C(=O)COc3ccc(Cl)cc32)n1. The minimum absolute atomic E-state index is 0.00343. The summed E-state index contributed by atoms with van der Waals surface area (Å²) in [6.07, 6.45) is 0. The van der Waals surface area contributed by atoms with Gasteiger partial charge >= 0.3 is 0 Å². The Morgan fingerprint density at radius 1 is 1.38 bits per heavy atom. The minimum atomic E-state index is -0.141. The van der Waals surface area contributed by atoms with Crippen molar-refractivity contribution >= 4 is 29.0 Å². The minimum Gasteiger partial charge on any atom is -0.482 e. The Balaban J connectivity index is 1.94. The number of hydrogen-bond donors (Lipinski definition) is 2. The number of hydrazine groups is 1. The maximum Gasteiger partial charge on any atom is 0.265 e. The maximum absolute atomic E-state index is 12.1. The molecule has 0 radical (unpaired) electrons. The molecule has 2 aromatic rings. The second-order valence-electron chi connectivity index (χ2n) is 4.54. The van der Waals surface area contributed by atoms with Crippen molar-refractivity contribution in [1.82, 2.24) is 4.98 Å². The van der Waals surface area contributed by atoms with E-state index in [1.54, 1.807) is 29.2 Å². The second-order valence-corrected chi connectivity index (χ2v) is 4.98. The standard InChI is InChI=1S/C14H13ClN4O2/c15-9-4-5-12-11(6-9)19(14(20)8-21-12)7-10-2-1-3-13(17-10)18-16/h1-6H,7-8,16H2,(H,17,18). The third-order valence-electron chi connectivity index (χ3n) is 3.14. The largest absolute Gasteiger partial charge is 0.482 e. The molecule has 1 aliphatic heterocycles. The number of fused-ring (bicyclic) bond motifs is 1. The van der Waals surface area contributed by atoms with Gasteiger partial charge in [-0.3, -0.25) is 9.69 Å². The Labute approximate surface area is 126 Å². The molecule has 6 nitrogen and oxygen atoms in total. The summed E-state index contributed by atoms with van der Waals surface area (Å²) in [5.41, 5.74) is 3.84. The lowest BCUT2D eigenvalue weighted by molar-refractivity contribution is -0.121. The van der Waals surface area contributed by atoms with Crippen LogP contribution in [0.5, 0.6) is 5.75 Å². The fourth-order valence-electron chi connectivity index (χ4n) is 2.16. The Kier molecular flexibility index (Phi) is 3.64. The first-order valence-corrected chi connectivity index (χ1v) is 6.70. The molecule has 0 atom stereocenters. The number of nitrogens with two attached hydrogens (primary N) is 1. The number of halogens is 1. The molecule has 0 saturated carbocycles. The highest BCUT2D eigenvalue weighted by Crippen LogP contribution is 2.35. The summed E-state index contributed by atoms with van der Waals surface area (Å²) in [6.45, 7) is 0.328. The molecular formula is C14H13ClN4O2. The number of pyridine rings is 1. The molecule has 0 fully saturated rings. The van der Waals surface area contributed by atoms with Crippen LogP contribution in [0.2, 0.25) is 5.02 Å². The Morgan fingerprint density at radius 3 is 3.05 bits per heavy atom. The van der Waals surface area contributed by atoms with Gasteiger partial charge in [0.15, 0.2) is 6.61 Å². The Bertz CT molecular complexity index is 692. The smallest absolute Gasteiger partial charge is 0.265 e. The molecule has 0 unspecified atom stereocenters. The molecule has 0 aliphatic carbocycles. The van der Waals surface area contributed by atoms with Gasteiger partial charge in [-0.15, -0.1) is 0 Å². The molecule has 108 valence electrons. The summed E-state index contributed by atoms with van der Waals surface area (Å²) in [5, 5.41) is 0.544. The number of amides is 1. The summed E-state index contributed by atoms with van der Waals surface area (Å²) in [4.78, 5) is 18.0. The first-order chi connectivity index (χ1) is 10.2. The van der Waals surface area contributed by atoms with Crippen LogP contribution >= 0.6 is 11.6 Å². The van der Waals surface area contributed by atoms with Crippen LogP contribution < -0.4 is 20.9 Å². The maximum atomic E-state index is 12.1. The van der Waals surface area contributed by atoms with Gasteiger partial charge in [-0.25, -0.2) is 10.8 Å². The van der Waals surface area contributed by atoms with E-state index in [2.05, 4.69) is 10.4 Å². The third kappa shape index (κ3) is 2.76. The summed E-state index contributed by atoms with van der Waals surface area (Å²) in [7, 11) is 0. The zero-order chi connectivity index (χ0) is 14.8. The van der Waals surface area contributed by atoms with E-state index in [0.717, 1.165) is 0 Å². The highest BCUT2D eigenvalue weighted by Gasteiger charge is 2.26. The van der Waals surface area contributed by atoms with Crippen molar-refractivity contribution in [2.75, 3.05) is 16.9 Å². The molecule has 0 saturated heterocycles. The van der Waals surface area contributed by atoms with Gasteiger partial charge in [-0.05, 0) is 30.3 Å². The average Bonchev–Trinajstić information content (AvgIpc) is 2.50. The Morgan fingerprint density at radius 2 is 2.24 bits per heavy atom. The van der Waals surface area contributed by atoms with E-state index < -0.39 is 0 Å². The van der Waals surface area contributed by atoms with E-state index in [1.807, 2.05) is 12.1 Å². The lowest BCUT2D eigenvalue weighted by Crippen LogP contribution is -2.38. The fourth-order valence-corrected chi connectivity index (χ4v) is 2.32. The number of rotatable bonds is 3. The van der Waals surface area contributed by atoms with Gasteiger partial charge in [-0.2, -0.15) is 0 Å². The molecular weight excluding hydrogens is 292 g/mol. The number of nitrogens with one attached hydrogen (secondary N) is 1. The number of ether oxygens (including phenoxy) is 1. The number of nitrogen functional groups attached to an aromatic ring is 1. The molecule has 2 heterocycles. The number of nitrogens with zero attached hydrogens (tertiary/aromatic N) is 2. The summed E-state index contributed by atoms with van der Waals surface area (Å²) < 4.78 is 5.40. The van der Waals surface area contributed by atoms with E-state index in [9.17, 15) is 4.79 Å². The molecule has 3 N–H and O–H groups in total. The van der Waals surface area contributed by atoms with Crippen molar-refractivity contribution in [3.63, 3.8) is 0 Å². The van der Waals surface area contributed by atoms with E-state index in [0.29, 0.717) is 34.5 Å². The van der Waals surface area contributed by atoms with Crippen LogP contribution in [0.3, 0.4) is 0 Å². The van der Waals surface area contributed by atoms with E-state index in [1.165, 1.54) is 0 Å². The molecule has 0 bridgehead atoms. The lowest BCUT2D eigenvalue weighted by atomic mass is 10.2. The molecule has 0 spiro atoms. The van der Waals surface area contributed by atoms with Crippen LogP contribution in [0.4, 0.5) is 11.5 Å². The van der Waals surface area contributed by atoms with Crippen LogP contribution in [0.25, 0.3) is 0 Å². The molecule has 1 aromatic carbocycles. The highest BCUT2D eigenvalue weighted by molar-refractivity contribution is 6.31. The average molecular weight is 305 g/mol. The number of benzene rings is 1. The zero-order valence-corrected chi connectivity index (χ0v) is 11.8. The first kappa shape index (κ1) is 13.7. The predicted molar refractivity (Wildman–Crippen MR) is 80.2 cm³/mol. The van der Waals surface area contributed by atoms with Gasteiger partial charge in [0.25, 0.3) is 5.91 Å². The van der Waals surface area contributed by atoms with Crippen molar-refractivity contribution in [3.05, 3.63) is 47.1 Å². The van der Waals surface area contributed by atoms with Crippen molar-refractivity contribution < 1.29 is 9.53 Å². The molecule has 3 rings (SSSR count). The number of carbonyl (C=O) groups excluding carboxylic acids is 1. The van der Waals surface area contributed by atoms with Gasteiger partial charge in [0.1, 0.15) is 11.6 Å². The predicted octanol–water partition coefficient (Wildman–Crippen LogP) is 1.95. The normalized spacial score (nSPS) is 13.6. The highest BCUT2D eigenvalue weighted by atomic mass is 35.5. The monoisotopic (exact) mass is 304 g/mol. The number of hydrogen-bond acceptors (Lipinski definition) is 5. The van der Waals surface area contributed by atoms with E-state index in [4.69, 9.17) is 22.2 Å². The molecule has 21 heavy (non-hydrogen) atoms. The Hall–Kier alpha value is -2.31. The van der Waals surface area contributed by atoms with E-state index >= 15 is 0 Å². The molecule has 1 amide bonds. The zero-order valence-electron chi connectivity index (χ0n) is 11.0. The summed E-state index contributed by atoms with van der Waals surface area (Å²) in [5.74, 6) is 6.38. The van der Waals surface area contributed by atoms with E-state index in [-0.39, 0.29) is 12.5 Å². The molecule has 1 aliphatic rings. The van der Waals surface area contributed by atoms with Gasteiger partial charge < -0.3 is 10.2 Å². The first-order valence-electron chi connectivity index (χ1n) is 6.32. The van der Waals surface area contributed by atoms with Crippen molar-refractivity contribution in [2.45, 2.75) is 6.54 Å². The van der Waals surface area contributed by atoms with Crippen LogP contribution in [0.15, 0.2) is 36.4 Å². The van der Waals surface area contributed by atoms with Gasteiger partial charge in [-0.1, -0.05) is 17.7 Å². The molecule has 1 aromatic heterocycles. The number of aromatic nitrogens is 1. The van der Waals surface area contributed by atoms with Crippen molar-refractivity contribution in [2.24, 2.45) is 5.84 Å².